The van der Waals surface area contributed by atoms with Crippen LogP contribution >= 0.6 is 0 Å². The van der Waals surface area contributed by atoms with Crippen LogP contribution in [-0.4, -0.2) is 56.9 Å². The number of unbranched alkanes of at least 4 members (excludes halogenated alkanes) is 1. The standard InChI is InChI=1S/C19H30N4O4/c1-20-19(22-12-4-13-27-18-10-14-26-15-18)21-11-3-2-5-16-6-8-17(9-7-16)23(24)25/h6-9,18H,2-5,10-15H2,1H3,(H2,20,21,22). The van der Waals surface area contributed by atoms with E-state index in [1.807, 2.05) is 12.1 Å². The number of nitrogens with zero attached hydrogens (tertiary/aromatic N) is 2. The van der Waals surface area contributed by atoms with Crippen molar-refractivity contribution in [2.45, 2.75) is 38.2 Å². The van der Waals surface area contributed by atoms with Gasteiger partial charge in [0.25, 0.3) is 5.69 Å². The van der Waals surface area contributed by atoms with Gasteiger partial charge >= 0.3 is 0 Å². The van der Waals surface area contributed by atoms with E-state index in [0.717, 1.165) is 76.5 Å². The molecule has 1 heterocycles. The van der Waals surface area contributed by atoms with Crippen molar-refractivity contribution in [3.63, 3.8) is 0 Å². The number of benzene rings is 1. The van der Waals surface area contributed by atoms with Crippen molar-refractivity contribution in [1.82, 2.24) is 10.6 Å². The van der Waals surface area contributed by atoms with Crippen LogP contribution in [0.1, 0.15) is 31.2 Å². The molecule has 0 saturated carbocycles. The molecule has 0 bridgehead atoms. The van der Waals surface area contributed by atoms with Crippen molar-refractivity contribution < 1.29 is 14.4 Å². The van der Waals surface area contributed by atoms with Crippen LogP contribution in [-0.2, 0) is 15.9 Å². The molecule has 1 aromatic rings. The third-order valence-electron chi connectivity index (χ3n) is 4.41. The summed E-state index contributed by atoms with van der Waals surface area (Å²) in [7, 11) is 1.76. The quantitative estimate of drug-likeness (QED) is 0.202. The fraction of sp³-hybridized carbons (Fsp3) is 0.632. The second-order valence-electron chi connectivity index (χ2n) is 6.52. The number of nitro benzene ring substituents is 1. The minimum Gasteiger partial charge on any atom is -0.379 e. The van der Waals surface area contributed by atoms with E-state index in [1.54, 1.807) is 19.2 Å². The highest BCUT2D eigenvalue weighted by Gasteiger charge is 2.15. The molecular formula is C19H30N4O4. The number of non-ortho nitro benzene ring substituents is 1. The average molecular weight is 378 g/mol. The maximum Gasteiger partial charge on any atom is 0.269 e. The van der Waals surface area contributed by atoms with Crippen LogP contribution in [0.4, 0.5) is 5.69 Å². The Kier molecular flexibility index (Phi) is 9.57. The molecule has 0 aromatic heterocycles. The summed E-state index contributed by atoms with van der Waals surface area (Å²) in [6.45, 7) is 3.91. The summed E-state index contributed by atoms with van der Waals surface area (Å²) >= 11 is 0. The third kappa shape index (κ3) is 8.36. The highest BCUT2D eigenvalue weighted by molar-refractivity contribution is 5.79. The summed E-state index contributed by atoms with van der Waals surface area (Å²) in [5, 5.41) is 17.2. The van der Waals surface area contributed by atoms with Gasteiger partial charge in [0, 0.05) is 45.5 Å². The van der Waals surface area contributed by atoms with Crippen molar-refractivity contribution in [3.05, 3.63) is 39.9 Å². The van der Waals surface area contributed by atoms with Crippen molar-refractivity contribution >= 4 is 11.6 Å². The lowest BCUT2D eigenvalue weighted by atomic mass is 10.1. The van der Waals surface area contributed by atoms with Gasteiger partial charge in [0.15, 0.2) is 5.96 Å². The van der Waals surface area contributed by atoms with E-state index in [-0.39, 0.29) is 16.7 Å². The van der Waals surface area contributed by atoms with Crippen LogP contribution in [0.3, 0.4) is 0 Å². The van der Waals surface area contributed by atoms with E-state index in [9.17, 15) is 10.1 Å². The van der Waals surface area contributed by atoms with Crippen LogP contribution in [0.15, 0.2) is 29.3 Å². The van der Waals surface area contributed by atoms with Crippen LogP contribution in [0, 0.1) is 10.1 Å². The highest BCUT2D eigenvalue weighted by atomic mass is 16.6. The summed E-state index contributed by atoms with van der Waals surface area (Å²) in [5.74, 6) is 0.800. The van der Waals surface area contributed by atoms with Crippen LogP contribution in [0.25, 0.3) is 0 Å². The molecular weight excluding hydrogens is 348 g/mol. The molecule has 0 amide bonds. The minimum absolute atomic E-state index is 0.136. The molecule has 1 fully saturated rings. The van der Waals surface area contributed by atoms with Crippen LogP contribution < -0.4 is 10.6 Å². The summed E-state index contributed by atoms with van der Waals surface area (Å²) in [5.41, 5.74) is 1.26. The van der Waals surface area contributed by atoms with E-state index in [4.69, 9.17) is 9.47 Å². The van der Waals surface area contributed by atoms with Gasteiger partial charge in [-0.3, -0.25) is 15.1 Å². The maximum absolute atomic E-state index is 10.6. The summed E-state index contributed by atoms with van der Waals surface area (Å²) in [4.78, 5) is 14.5. The molecule has 2 N–H and O–H groups in total. The Morgan fingerprint density at radius 1 is 1.26 bits per heavy atom. The average Bonchev–Trinajstić information content (AvgIpc) is 3.19. The number of aryl methyl sites for hydroxylation is 1. The van der Waals surface area contributed by atoms with Gasteiger partial charge in [0.2, 0.25) is 0 Å². The molecule has 27 heavy (non-hydrogen) atoms. The monoisotopic (exact) mass is 378 g/mol. The second kappa shape index (κ2) is 12.2. The van der Waals surface area contributed by atoms with E-state index >= 15 is 0 Å². The zero-order valence-electron chi connectivity index (χ0n) is 16.0. The molecule has 1 aromatic carbocycles. The van der Waals surface area contributed by atoms with Crippen molar-refractivity contribution in [2.75, 3.05) is 40.0 Å². The molecule has 0 aliphatic carbocycles. The fourth-order valence-corrected chi connectivity index (χ4v) is 2.84. The molecule has 8 heteroatoms. The van der Waals surface area contributed by atoms with Gasteiger partial charge in [-0.1, -0.05) is 12.1 Å². The highest BCUT2D eigenvalue weighted by Crippen LogP contribution is 2.13. The topological polar surface area (TPSA) is 98.0 Å². The lowest BCUT2D eigenvalue weighted by molar-refractivity contribution is -0.384. The Bertz CT molecular complexity index is 586. The predicted octanol–water partition coefficient (Wildman–Crippen LogP) is 2.28. The first-order chi connectivity index (χ1) is 13.2. The molecule has 1 aliphatic heterocycles. The van der Waals surface area contributed by atoms with E-state index in [1.165, 1.54) is 0 Å². The van der Waals surface area contributed by atoms with Crippen LogP contribution in [0.2, 0.25) is 0 Å². The summed E-state index contributed by atoms with van der Waals surface area (Å²) < 4.78 is 11.0. The number of hydrogen-bond donors (Lipinski definition) is 2. The fourth-order valence-electron chi connectivity index (χ4n) is 2.84. The number of aliphatic imine (C=N–C) groups is 1. The zero-order valence-corrected chi connectivity index (χ0v) is 16.0. The molecule has 1 aliphatic rings. The summed E-state index contributed by atoms with van der Waals surface area (Å²) in [6.07, 6.45) is 5.11. The molecule has 0 spiro atoms. The predicted molar refractivity (Wildman–Crippen MR) is 105 cm³/mol. The van der Waals surface area contributed by atoms with Crippen molar-refractivity contribution in [1.29, 1.82) is 0 Å². The zero-order chi connectivity index (χ0) is 19.3. The van der Waals surface area contributed by atoms with Gasteiger partial charge in [-0.2, -0.15) is 0 Å². The molecule has 1 atom stereocenters. The van der Waals surface area contributed by atoms with Gasteiger partial charge in [0.1, 0.15) is 0 Å². The largest absolute Gasteiger partial charge is 0.379 e. The first kappa shape index (κ1) is 21.1. The smallest absolute Gasteiger partial charge is 0.269 e. The molecule has 8 nitrogen and oxygen atoms in total. The van der Waals surface area contributed by atoms with Gasteiger partial charge in [-0.25, -0.2) is 0 Å². The molecule has 0 radical (unpaired) electrons. The van der Waals surface area contributed by atoms with Gasteiger partial charge in [-0.05, 0) is 37.7 Å². The van der Waals surface area contributed by atoms with Gasteiger partial charge in [-0.15, -0.1) is 0 Å². The Morgan fingerprint density at radius 2 is 2.00 bits per heavy atom. The second-order valence-corrected chi connectivity index (χ2v) is 6.52. The number of ether oxygens (including phenoxy) is 2. The van der Waals surface area contributed by atoms with E-state index in [0.29, 0.717) is 0 Å². The SMILES string of the molecule is CN=C(NCCCCc1ccc([N+](=O)[O-])cc1)NCCCOC1CCOC1. The molecule has 2 rings (SSSR count). The normalized spacial score (nSPS) is 17.1. The molecule has 1 saturated heterocycles. The number of rotatable bonds is 11. The van der Waals surface area contributed by atoms with Crippen LogP contribution in [0.5, 0.6) is 0 Å². The van der Waals surface area contributed by atoms with Gasteiger partial charge < -0.3 is 20.1 Å². The number of nitrogens with one attached hydrogen (secondary N) is 2. The van der Waals surface area contributed by atoms with Crippen molar-refractivity contribution in [2.24, 2.45) is 4.99 Å². The van der Waals surface area contributed by atoms with Gasteiger partial charge in [0.05, 0.1) is 17.6 Å². The lowest BCUT2D eigenvalue weighted by Crippen LogP contribution is -2.38. The Labute approximate surface area is 160 Å². The lowest BCUT2D eigenvalue weighted by Gasteiger charge is -2.13. The first-order valence-corrected chi connectivity index (χ1v) is 9.56. The van der Waals surface area contributed by atoms with E-state index < -0.39 is 0 Å². The number of guanidine groups is 1. The minimum atomic E-state index is -0.373. The maximum atomic E-state index is 10.6. The van der Waals surface area contributed by atoms with E-state index in [2.05, 4.69) is 15.6 Å². The number of hydrogen-bond acceptors (Lipinski definition) is 5. The summed E-state index contributed by atoms with van der Waals surface area (Å²) in [6, 6.07) is 6.77. The first-order valence-electron chi connectivity index (χ1n) is 9.56. The Morgan fingerprint density at radius 3 is 2.63 bits per heavy atom. The molecule has 150 valence electrons. The van der Waals surface area contributed by atoms with Crippen molar-refractivity contribution in [3.8, 4) is 0 Å². The molecule has 1 unspecified atom stereocenters. The third-order valence-corrected chi connectivity index (χ3v) is 4.41. The number of nitro groups is 1. The Hall–Kier alpha value is -2.19. The Balaban J connectivity index is 1.49.